The summed E-state index contributed by atoms with van der Waals surface area (Å²) in [5.74, 6) is -0.412. The Bertz CT molecular complexity index is 792. The Labute approximate surface area is 128 Å². The highest BCUT2D eigenvalue weighted by molar-refractivity contribution is 5.95. The highest BCUT2D eigenvalue weighted by Gasteiger charge is 2.33. The number of rotatable bonds is 3. The summed E-state index contributed by atoms with van der Waals surface area (Å²) in [6.07, 6.45) is 0. The molecular weight excluding hydrogens is 280 g/mol. The lowest BCUT2D eigenvalue weighted by molar-refractivity contribution is -0.146. The van der Waals surface area contributed by atoms with E-state index in [1.807, 2.05) is 39.0 Å². The molecule has 2 heterocycles. The van der Waals surface area contributed by atoms with E-state index in [-0.39, 0.29) is 17.4 Å². The second kappa shape index (κ2) is 5.48. The third kappa shape index (κ3) is 2.47. The number of carbonyl (C=O) groups is 1. The normalized spacial score (nSPS) is 16.6. The van der Waals surface area contributed by atoms with E-state index in [0.29, 0.717) is 18.8 Å². The molecule has 5 heteroatoms. The predicted octanol–water partition coefficient (Wildman–Crippen LogP) is 2.54. The first-order valence-corrected chi connectivity index (χ1v) is 7.54. The Morgan fingerprint density at radius 3 is 2.91 bits per heavy atom. The molecule has 1 atom stereocenters. The zero-order chi connectivity index (χ0) is 15.9. The number of aryl methyl sites for hydroxylation is 1. The molecule has 1 unspecified atom stereocenters. The molecule has 116 valence electrons. The van der Waals surface area contributed by atoms with E-state index in [1.54, 1.807) is 0 Å². The number of ether oxygens (including phenoxy) is 1. The van der Waals surface area contributed by atoms with Crippen molar-refractivity contribution in [2.75, 3.05) is 18.5 Å². The predicted molar refractivity (Wildman–Crippen MR) is 86.3 cm³/mol. The fraction of sp³-hybridized carbons (Fsp3) is 0.412. The molecule has 1 aliphatic heterocycles. The van der Waals surface area contributed by atoms with Crippen molar-refractivity contribution >= 4 is 22.6 Å². The van der Waals surface area contributed by atoms with Crippen molar-refractivity contribution in [3.05, 3.63) is 39.7 Å². The molecule has 1 aromatic carbocycles. The number of pyridine rings is 1. The maximum Gasteiger partial charge on any atom is 0.315 e. The number of nitrogens with one attached hydrogen (secondary N) is 2. The number of fused-ring (bicyclic) bond motifs is 3. The van der Waals surface area contributed by atoms with Crippen LogP contribution in [0.1, 0.15) is 30.9 Å². The molecule has 1 aliphatic rings. The van der Waals surface area contributed by atoms with E-state index < -0.39 is 5.92 Å². The maximum atomic E-state index is 12.4. The van der Waals surface area contributed by atoms with Gasteiger partial charge in [-0.2, -0.15) is 0 Å². The molecule has 2 N–H and O–H groups in total. The van der Waals surface area contributed by atoms with Gasteiger partial charge in [0, 0.05) is 23.0 Å². The zero-order valence-electron chi connectivity index (χ0n) is 13.0. The molecule has 3 rings (SSSR count). The fourth-order valence-electron chi connectivity index (χ4n) is 2.83. The summed E-state index contributed by atoms with van der Waals surface area (Å²) in [7, 11) is 0. The van der Waals surface area contributed by atoms with Gasteiger partial charge in [-0.25, -0.2) is 0 Å². The number of hydrogen-bond acceptors (Lipinski definition) is 4. The molecular formula is C17H20N2O3. The number of anilines is 1. The van der Waals surface area contributed by atoms with Crippen LogP contribution in [0.25, 0.3) is 10.9 Å². The van der Waals surface area contributed by atoms with Gasteiger partial charge in [-0.15, -0.1) is 0 Å². The van der Waals surface area contributed by atoms with Gasteiger partial charge in [0.15, 0.2) is 0 Å². The minimum Gasteiger partial charge on any atom is -0.465 e. The minimum absolute atomic E-state index is 0.189. The molecule has 0 aliphatic carbocycles. The van der Waals surface area contributed by atoms with Gasteiger partial charge in [0.25, 0.3) is 5.56 Å². The average Bonchev–Trinajstić information content (AvgIpc) is 2.91. The molecule has 22 heavy (non-hydrogen) atoms. The Balaban J connectivity index is 2.08. The first-order valence-electron chi connectivity index (χ1n) is 7.54. The van der Waals surface area contributed by atoms with Crippen LogP contribution in [0.5, 0.6) is 0 Å². The molecule has 5 nitrogen and oxygen atoms in total. The molecule has 0 bridgehead atoms. The van der Waals surface area contributed by atoms with Gasteiger partial charge < -0.3 is 15.0 Å². The van der Waals surface area contributed by atoms with E-state index in [4.69, 9.17) is 4.74 Å². The molecule has 0 spiro atoms. The van der Waals surface area contributed by atoms with Gasteiger partial charge in [-0.05, 0) is 25.0 Å². The van der Waals surface area contributed by atoms with Crippen LogP contribution in [0.4, 0.5) is 5.69 Å². The number of benzene rings is 1. The number of esters is 1. The SMILES string of the molecule is Cc1ccc2[nH]c(=O)c3c(c2c1)C(C(=O)OCC(C)C)CN3. The number of carbonyl (C=O) groups excluding carboxylic acids is 1. The molecule has 0 amide bonds. The largest absolute Gasteiger partial charge is 0.465 e. The molecule has 0 saturated heterocycles. The number of H-pyrrole nitrogens is 1. The highest BCUT2D eigenvalue weighted by atomic mass is 16.5. The summed E-state index contributed by atoms with van der Waals surface area (Å²) in [5, 5.41) is 3.96. The lowest BCUT2D eigenvalue weighted by atomic mass is 9.96. The number of aromatic nitrogens is 1. The first kappa shape index (κ1) is 14.6. The van der Waals surface area contributed by atoms with Crippen LogP contribution >= 0.6 is 0 Å². The molecule has 0 radical (unpaired) electrons. The summed E-state index contributed by atoms with van der Waals surface area (Å²) in [6, 6.07) is 5.82. The van der Waals surface area contributed by atoms with Crippen molar-refractivity contribution in [2.45, 2.75) is 26.7 Å². The van der Waals surface area contributed by atoms with Crippen LogP contribution < -0.4 is 10.9 Å². The lowest BCUT2D eigenvalue weighted by Gasteiger charge is -2.14. The number of hydrogen-bond donors (Lipinski definition) is 2. The summed E-state index contributed by atoms with van der Waals surface area (Å²) in [6.45, 7) is 6.79. The third-order valence-corrected chi connectivity index (χ3v) is 3.88. The second-order valence-corrected chi connectivity index (χ2v) is 6.25. The summed E-state index contributed by atoms with van der Waals surface area (Å²) in [4.78, 5) is 27.4. The average molecular weight is 300 g/mol. The minimum atomic E-state index is -0.430. The van der Waals surface area contributed by atoms with Gasteiger partial charge in [-0.3, -0.25) is 9.59 Å². The van der Waals surface area contributed by atoms with Gasteiger partial charge in [-0.1, -0.05) is 25.5 Å². The van der Waals surface area contributed by atoms with Crippen LogP contribution in [0.15, 0.2) is 23.0 Å². The highest BCUT2D eigenvalue weighted by Crippen LogP contribution is 2.35. The quantitative estimate of drug-likeness (QED) is 0.855. The Morgan fingerprint density at radius 2 is 2.18 bits per heavy atom. The van der Waals surface area contributed by atoms with Crippen molar-refractivity contribution < 1.29 is 9.53 Å². The summed E-state index contributed by atoms with van der Waals surface area (Å²) in [5.41, 5.74) is 2.90. The maximum absolute atomic E-state index is 12.4. The Kier molecular flexibility index (Phi) is 3.64. The molecule has 0 saturated carbocycles. The van der Waals surface area contributed by atoms with Gasteiger partial charge in [0.05, 0.1) is 6.61 Å². The van der Waals surface area contributed by atoms with Crippen molar-refractivity contribution in [3.63, 3.8) is 0 Å². The van der Waals surface area contributed by atoms with Crippen molar-refractivity contribution in [2.24, 2.45) is 5.92 Å². The van der Waals surface area contributed by atoms with Crippen molar-refractivity contribution in [1.29, 1.82) is 0 Å². The summed E-state index contributed by atoms with van der Waals surface area (Å²) < 4.78 is 5.37. The molecule has 2 aromatic rings. The van der Waals surface area contributed by atoms with E-state index in [9.17, 15) is 9.59 Å². The van der Waals surface area contributed by atoms with Crippen LogP contribution in [0, 0.1) is 12.8 Å². The van der Waals surface area contributed by atoms with Gasteiger partial charge in [0.2, 0.25) is 0 Å². The number of aromatic amines is 1. The van der Waals surface area contributed by atoms with E-state index in [2.05, 4.69) is 10.3 Å². The van der Waals surface area contributed by atoms with E-state index in [0.717, 1.165) is 22.0 Å². The van der Waals surface area contributed by atoms with Crippen molar-refractivity contribution in [1.82, 2.24) is 4.98 Å². The zero-order valence-corrected chi connectivity index (χ0v) is 13.0. The first-order chi connectivity index (χ1) is 10.5. The van der Waals surface area contributed by atoms with Crippen LogP contribution in [-0.2, 0) is 9.53 Å². The second-order valence-electron chi connectivity index (χ2n) is 6.25. The van der Waals surface area contributed by atoms with Gasteiger partial charge >= 0.3 is 5.97 Å². The third-order valence-electron chi connectivity index (χ3n) is 3.88. The van der Waals surface area contributed by atoms with Gasteiger partial charge in [0.1, 0.15) is 11.6 Å². The van der Waals surface area contributed by atoms with Crippen LogP contribution in [-0.4, -0.2) is 24.1 Å². The summed E-state index contributed by atoms with van der Waals surface area (Å²) >= 11 is 0. The Morgan fingerprint density at radius 1 is 1.41 bits per heavy atom. The monoisotopic (exact) mass is 300 g/mol. The lowest BCUT2D eigenvalue weighted by Crippen LogP contribution is -2.20. The molecule has 1 aromatic heterocycles. The fourth-order valence-corrected chi connectivity index (χ4v) is 2.83. The molecule has 0 fully saturated rings. The smallest absolute Gasteiger partial charge is 0.315 e. The van der Waals surface area contributed by atoms with Crippen molar-refractivity contribution in [3.8, 4) is 0 Å². The van der Waals surface area contributed by atoms with Crippen LogP contribution in [0.2, 0.25) is 0 Å². The Hall–Kier alpha value is -2.30. The topological polar surface area (TPSA) is 71.2 Å². The van der Waals surface area contributed by atoms with E-state index in [1.165, 1.54) is 0 Å². The van der Waals surface area contributed by atoms with E-state index >= 15 is 0 Å². The standard InChI is InChI=1S/C17H20N2O3/c1-9(2)8-22-17(21)12-7-18-15-14(12)11-6-10(3)4-5-13(11)19-16(15)20/h4-6,9,12,18H,7-8H2,1-3H3,(H,19,20). The van der Waals surface area contributed by atoms with Crippen LogP contribution in [0.3, 0.4) is 0 Å².